The summed E-state index contributed by atoms with van der Waals surface area (Å²) in [5.41, 5.74) is 1.48. The monoisotopic (exact) mass is 243 g/mol. The molecule has 2 unspecified atom stereocenters. The Kier molecular flexibility index (Phi) is 3.94. The van der Waals surface area contributed by atoms with Crippen LogP contribution in [0.5, 0.6) is 0 Å². The topological polar surface area (TPSA) is 29.1 Å². The average Bonchev–Trinajstić information content (AvgIpc) is 2.65. The minimum absolute atomic E-state index is 0.503. The summed E-state index contributed by atoms with van der Waals surface area (Å²) in [6, 6.07) is 2.74. The minimum atomic E-state index is -0.678. The maximum absolute atomic E-state index is 11.0. The summed E-state index contributed by atoms with van der Waals surface area (Å²) >= 11 is 1.87. The van der Waals surface area contributed by atoms with Crippen LogP contribution >= 0.6 is 11.3 Å². The molecule has 2 rings (SSSR count). The molecule has 0 bridgehead atoms. The molecule has 0 aliphatic heterocycles. The van der Waals surface area contributed by atoms with Crippen molar-refractivity contribution in [3.05, 3.63) is 21.9 Å². The number of nitrogens with one attached hydrogen (secondary N) is 1. The number of rotatable bonds is 4. The molecule has 1 aromatic heterocycles. The lowest BCUT2D eigenvalue weighted by Gasteiger charge is -2.23. The lowest BCUT2D eigenvalue weighted by atomic mass is 9.94. The first-order valence-corrected chi connectivity index (χ1v) is 7.97. The zero-order valence-corrected chi connectivity index (χ0v) is 10.6. The van der Waals surface area contributed by atoms with Crippen molar-refractivity contribution >= 4 is 22.1 Å². The third kappa shape index (κ3) is 2.89. The number of thiophene rings is 1. The summed E-state index contributed by atoms with van der Waals surface area (Å²) in [7, 11) is -0.678. The van der Waals surface area contributed by atoms with Crippen LogP contribution in [0.3, 0.4) is 0 Å². The lowest BCUT2D eigenvalue weighted by Crippen LogP contribution is -2.27. The van der Waals surface area contributed by atoms with Crippen molar-refractivity contribution in [2.24, 2.45) is 0 Å². The molecule has 0 saturated heterocycles. The maximum Gasteiger partial charge on any atom is 0.0357 e. The highest BCUT2D eigenvalue weighted by atomic mass is 32.2. The molecule has 0 aromatic carbocycles. The summed E-state index contributed by atoms with van der Waals surface area (Å²) in [6.07, 6.45) is 5.50. The van der Waals surface area contributed by atoms with E-state index in [1.807, 2.05) is 11.3 Å². The van der Waals surface area contributed by atoms with E-state index in [4.69, 9.17) is 0 Å². The largest absolute Gasteiger partial charge is 0.309 e. The van der Waals surface area contributed by atoms with E-state index in [1.54, 1.807) is 6.26 Å². The highest BCUT2D eigenvalue weighted by molar-refractivity contribution is 7.84. The molecule has 0 fully saturated rings. The molecule has 4 heteroatoms. The van der Waals surface area contributed by atoms with Gasteiger partial charge in [-0.1, -0.05) is 0 Å². The van der Waals surface area contributed by atoms with Gasteiger partial charge in [0, 0.05) is 40.3 Å². The molecular weight excluding hydrogens is 226 g/mol. The molecule has 0 saturated carbocycles. The first-order chi connectivity index (χ1) is 7.27. The van der Waals surface area contributed by atoms with E-state index in [9.17, 15) is 4.21 Å². The highest BCUT2D eigenvalue weighted by Crippen LogP contribution is 2.32. The summed E-state index contributed by atoms with van der Waals surface area (Å²) in [4.78, 5) is 1.54. The zero-order chi connectivity index (χ0) is 10.7. The van der Waals surface area contributed by atoms with Gasteiger partial charge in [0.25, 0.3) is 0 Å². The van der Waals surface area contributed by atoms with E-state index in [1.165, 1.54) is 29.7 Å². The van der Waals surface area contributed by atoms with Crippen LogP contribution in [0.4, 0.5) is 0 Å². The van der Waals surface area contributed by atoms with Gasteiger partial charge in [-0.2, -0.15) is 0 Å². The average molecular weight is 243 g/mol. The van der Waals surface area contributed by atoms with Gasteiger partial charge in [0.15, 0.2) is 0 Å². The van der Waals surface area contributed by atoms with Crippen LogP contribution in [0.25, 0.3) is 0 Å². The fourth-order valence-electron chi connectivity index (χ4n) is 2.08. The van der Waals surface area contributed by atoms with Crippen LogP contribution in [0.1, 0.15) is 29.3 Å². The lowest BCUT2D eigenvalue weighted by molar-refractivity contribution is 0.477. The van der Waals surface area contributed by atoms with Crippen LogP contribution < -0.4 is 5.32 Å². The molecule has 0 radical (unpaired) electrons. The van der Waals surface area contributed by atoms with E-state index >= 15 is 0 Å². The Morgan fingerprint density at radius 2 is 2.53 bits per heavy atom. The molecule has 1 aliphatic carbocycles. The summed E-state index contributed by atoms with van der Waals surface area (Å²) < 4.78 is 11.0. The fourth-order valence-corrected chi connectivity index (χ4v) is 3.47. The standard InChI is InChI=1S/C11H17NOS2/c1-15(13)8-6-12-10-3-2-4-11-9(10)5-7-14-11/h5,7,10,12H,2-4,6,8H2,1H3. The van der Waals surface area contributed by atoms with Crippen LogP contribution in [-0.4, -0.2) is 22.8 Å². The molecule has 1 aromatic rings. The molecular formula is C11H17NOS2. The Bertz CT molecular complexity index is 348. The van der Waals surface area contributed by atoms with Gasteiger partial charge in [0.05, 0.1) is 0 Å². The van der Waals surface area contributed by atoms with Gasteiger partial charge >= 0.3 is 0 Å². The first-order valence-electron chi connectivity index (χ1n) is 5.37. The van der Waals surface area contributed by atoms with Crippen molar-refractivity contribution in [3.8, 4) is 0 Å². The van der Waals surface area contributed by atoms with Gasteiger partial charge in [-0.15, -0.1) is 11.3 Å². The summed E-state index contributed by atoms with van der Waals surface area (Å²) in [6.45, 7) is 0.864. The van der Waals surface area contributed by atoms with E-state index in [0.717, 1.165) is 12.3 Å². The Labute approximate surface area is 97.5 Å². The fraction of sp³-hybridized carbons (Fsp3) is 0.636. The van der Waals surface area contributed by atoms with Crippen LogP contribution in [0, 0.1) is 0 Å². The van der Waals surface area contributed by atoms with Crippen LogP contribution in [0.15, 0.2) is 11.4 Å². The smallest absolute Gasteiger partial charge is 0.0357 e. The third-order valence-electron chi connectivity index (χ3n) is 2.83. The van der Waals surface area contributed by atoms with Gasteiger partial charge in [-0.3, -0.25) is 4.21 Å². The van der Waals surface area contributed by atoms with Crippen molar-refractivity contribution in [1.82, 2.24) is 5.32 Å². The molecule has 2 nitrogen and oxygen atoms in total. The quantitative estimate of drug-likeness (QED) is 0.877. The molecule has 1 heterocycles. The zero-order valence-electron chi connectivity index (χ0n) is 8.99. The summed E-state index contributed by atoms with van der Waals surface area (Å²) in [5, 5.41) is 5.69. The van der Waals surface area contributed by atoms with Gasteiger partial charge in [-0.25, -0.2) is 0 Å². The number of hydrogen-bond acceptors (Lipinski definition) is 3. The van der Waals surface area contributed by atoms with Gasteiger partial charge in [0.1, 0.15) is 0 Å². The maximum atomic E-state index is 11.0. The van der Waals surface area contributed by atoms with Crippen molar-refractivity contribution < 1.29 is 4.21 Å². The van der Waals surface area contributed by atoms with E-state index in [0.29, 0.717) is 6.04 Å². The van der Waals surface area contributed by atoms with E-state index in [-0.39, 0.29) is 0 Å². The van der Waals surface area contributed by atoms with Crippen molar-refractivity contribution in [2.75, 3.05) is 18.6 Å². The number of fused-ring (bicyclic) bond motifs is 1. The van der Waals surface area contributed by atoms with E-state index < -0.39 is 10.8 Å². The molecule has 1 aliphatic rings. The second-order valence-electron chi connectivity index (χ2n) is 3.98. The number of aryl methyl sites for hydroxylation is 1. The molecule has 84 valence electrons. The second kappa shape index (κ2) is 5.23. The predicted molar refractivity (Wildman–Crippen MR) is 66.9 cm³/mol. The van der Waals surface area contributed by atoms with Crippen molar-refractivity contribution in [1.29, 1.82) is 0 Å². The normalized spacial score (nSPS) is 22.3. The first kappa shape index (κ1) is 11.3. The highest BCUT2D eigenvalue weighted by Gasteiger charge is 2.20. The SMILES string of the molecule is CS(=O)CCNC1CCCc2sccc21. The molecule has 15 heavy (non-hydrogen) atoms. The van der Waals surface area contributed by atoms with Crippen LogP contribution in [-0.2, 0) is 17.2 Å². The Hall–Kier alpha value is -0.190. The van der Waals surface area contributed by atoms with Crippen LogP contribution in [0.2, 0.25) is 0 Å². The second-order valence-corrected chi connectivity index (χ2v) is 6.53. The Morgan fingerprint density at radius 3 is 3.33 bits per heavy atom. The Morgan fingerprint density at radius 1 is 1.67 bits per heavy atom. The van der Waals surface area contributed by atoms with Gasteiger partial charge < -0.3 is 5.32 Å². The molecule has 2 atom stereocenters. The Balaban J connectivity index is 1.92. The van der Waals surface area contributed by atoms with Crippen molar-refractivity contribution in [2.45, 2.75) is 25.3 Å². The molecule has 0 amide bonds. The number of hydrogen-bond donors (Lipinski definition) is 1. The third-order valence-corrected chi connectivity index (χ3v) is 4.61. The predicted octanol–water partition coefficient (Wildman–Crippen LogP) is 2.09. The minimum Gasteiger partial charge on any atom is -0.309 e. The summed E-state index contributed by atoms with van der Waals surface area (Å²) in [5.74, 6) is 0.760. The van der Waals surface area contributed by atoms with Crippen molar-refractivity contribution in [3.63, 3.8) is 0 Å². The van der Waals surface area contributed by atoms with Gasteiger partial charge in [-0.05, 0) is 36.3 Å². The molecule has 0 spiro atoms. The molecule has 1 N–H and O–H groups in total. The van der Waals surface area contributed by atoms with E-state index in [2.05, 4.69) is 16.8 Å². The van der Waals surface area contributed by atoms with Gasteiger partial charge in [0.2, 0.25) is 0 Å².